The molecule has 0 bridgehead atoms. The van der Waals surface area contributed by atoms with Crippen LogP contribution in [0.1, 0.15) is 16.1 Å². The van der Waals surface area contributed by atoms with Crippen LogP contribution in [0.25, 0.3) is 21.9 Å². The molecule has 2 unspecified atom stereocenters. The van der Waals surface area contributed by atoms with E-state index < -0.39 is 6.23 Å². The number of carbonyl (C=O) groups is 1. The second-order valence-electron chi connectivity index (χ2n) is 9.65. The first-order valence-corrected chi connectivity index (χ1v) is 12.9. The largest absolute Gasteiger partial charge is 0.375 e. The molecule has 2 aliphatic rings. The number of nitrogens with zero attached hydrogens (tertiary/aromatic N) is 5. The normalized spacial score (nSPS) is 20.0. The molecule has 2 atom stereocenters. The summed E-state index contributed by atoms with van der Waals surface area (Å²) >= 11 is 0. The van der Waals surface area contributed by atoms with Crippen LogP contribution in [0, 0.1) is 0 Å². The van der Waals surface area contributed by atoms with Gasteiger partial charge in [0.2, 0.25) is 0 Å². The maximum atomic E-state index is 12.6. The zero-order valence-corrected chi connectivity index (χ0v) is 21.3. The standard InChI is InChI=1S/C28H31N7O3/c1-34-25(14-23-16-30-8-10-37-23)24(17-32-34)20-2-3-21-15-31-26(13-22(21)12-20)35-9-11-38-27(18-35)33-28(36)19-4-6-29-7-5-19/h2-7,12-13,15,17,23,27,30H,8-11,14,16,18H2,1H3,(H,33,36). The number of ether oxygens (including phenoxy) is 2. The number of morpholine rings is 2. The number of carbonyl (C=O) groups excluding carboxylic acids is 1. The third kappa shape index (κ3) is 5.24. The molecule has 0 spiro atoms. The molecular formula is C28H31N7O3. The van der Waals surface area contributed by atoms with Gasteiger partial charge in [0.25, 0.3) is 5.91 Å². The third-order valence-corrected chi connectivity index (χ3v) is 7.13. The molecule has 0 saturated carbocycles. The van der Waals surface area contributed by atoms with E-state index in [0.717, 1.165) is 59.5 Å². The molecule has 1 amide bonds. The molecule has 10 heteroatoms. The summed E-state index contributed by atoms with van der Waals surface area (Å²) in [6, 6.07) is 11.9. The first-order chi connectivity index (χ1) is 18.6. The van der Waals surface area contributed by atoms with Crippen molar-refractivity contribution in [3.63, 3.8) is 0 Å². The quantitative estimate of drug-likeness (QED) is 0.404. The van der Waals surface area contributed by atoms with Crippen LogP contribution in [-0.2, 0) is 22.9 Å². The van der Waals surface area contributed by atoms with Gasteiger partial charge in [0.1, 0.15) is 12.0 Å². The van der Waals surface area contributed by atoms with Gasteiger partial charge in [-0.25, -0.2) is 4.98 Å². The number of anilines is 1. The summed E-state index contributed by atoms with van der Waals surface area (Å²) in [6.45, 7) is 4.19. The Morgan fingerprint density at radius 3 is 2.84 bits per heavy atom. The molecule has 0 aliphatic carbocycles. The van der Waals surface area contributed by atoms with Crippen LogP contribution in [0.15, 0.2) is 61.2 Å². The van der Waals surface area contributed by atoms with E-state index in [0.29, 0.717) is 25.3 Å². The highest BCUT2D eigenvalue weighted by atomic mass is 16.5. The molecule has 196 valence electrons. The second-order valence-corrected chi connectivity index (χ2v) is 9.65. The van der Waals surface area contributed by atoms with Crippen molar-refractivity contribution >= 4 is 22.5 Å². The van der Waals surface area contributed by atoms with Gasteiger partial charge in [-0.1, -0.05) is 12.1 Å². The fourth-order valence-corrected chi connectivity index (χ4v) is 5.06. The summed E-state index contributed by atoms with van der Waals surface area (Å²) in [7, 11) is 1.99. The van der Waals surface area contributed by atoms with Crippen LogP contribution in [0.2, 0.25) is 0 Å². The predicted molar refractivity (Wildman–Crippen MR) is 144 cm³/mol. The smallest absolute Gasteiger partial charge is 0.253 e. The van der Waals surface area contributed by atoms with E-state index in [1.54, 1.807) is 24.5 Å². The van der Waals surface area contributed by atoms with E-state index in [-0.39, 0.29) is 12.0 Å². The zero-order chi connectivity index (χ0) is 25.9. The van der Waals surface area contributed by atoms with Crippen LogP contribution in [0.4, 0.5) is 5.82 Å². The molecule has 2 fully saturated rings. The molecule has 10 nitrogen and oxygen atoms in total. The van der Waals surface area contributed by atoms with Gasteiger partial charge < -0.3 is 25.0 Å². The Hall–Kier alpha value is -3.86. The van der Waals surface area contributed by atoms with Crippen LogP contribution < -0.4 is 15.5 Å². The van der Waals surface area contributed by atoms with Crippen LogP contribution in [0.3, 0.4) is 0 Å². The Balaban J connectivity index is 1.21. The Labute approximate surface area is 221 Å². The van der Waals surface area contributed by atoms with Crippen molar-refractivity contribution < 1.29 is 14.3 Å². The fourth-order valence-electron chi connectivity index (χ4n) is 5.06. The van der Waals surface area contributed by atoms with Gasteiger partial charge in [-0.15, -0.1) is 0 Å². The number of hydrogen-bond acceptors (Lipinski definition) is 8. The van der Waals surface area contributed by atoms with Gasteiger partial charge in [0.15, 0.2) is 0 Å². The number of aromatic nitrogens is 4. The molecule has 0 radical (unpaired) electrons. The summed E-state index contributed by atoms with van der Waals surface area (Å²) < 4.78 is 13.7. The van der Waals surface area contributed by atoms with Crippen LogP contribution in [0.5, 0.6) is 0 Å². The molecule has 1 aromatic carbocycles. The highest BCUT2D eigenvalue weighted by Crippen LogP contribution is 2.30. The van der Waals surface area contributed by atoms with E-state index in [1.807, 2.05) is 24.1 Å². The summed E-state index contributed by atoms with van der Waals surface area (Å²) in [5.74, 6) is 0.672. The Morgan fingerprint density at radius 2 is 2.00 bits per heavy atom. The van der Waals surface area contributed by atoms with E-state index >= 15 is 0 Å². The number of pyridine rings is 2. The van der Waals surface area contributed by atoms with Gasteiger partial charge in [-0.3, -0.25) is 14.5 Å². The zero-order valence-electron chi connectivity index (χ0n) is 21.3. The summed E-state index contributed by atoms with van der Waals surface area (Å²) in [5, 5.41) is 13.1. The van der Waals surface area contributed by atoms with Gasteiger partial charge in [0.05, 0.1) is 32.1 Å². The SMILES string of the molecule is Cn1ncc(-c2ccc3cnc(N4CCOC(NC(=O)c5ccncc5)C4)cc3c2)c1CC1CNCCO1. The lowest BCUT2D eigenvalue weighted by Crippen LogP contribution is -2.51. The van der Waals surface area contributed by atoms with Gasteiger partial charge in [-0.05, 0) is 35.2 Å². The van der Waals surface area contributed by atoms with Crippen molar-refractivity contribution in [1.29, 1.82) is 0 Å². The average Bonchev–Trinajstić information content (AvgIpc) is 3.33. The molecule has 5 heterocycles. The lowest BCUT2D eigenvalue weighted by Gasteiger charge is -2.34. The lowest BCUT2D eigenvalue weighted by molar-refractivity contribution is 0.0180. The third-order valence-electron chi connectivity index (χ3n) is 7.13. The summed E-state index contributed by atoms with van der Waals surface area (Å²) in [4.78, 5) is 23.4. The molecule has 2 saturated heterocycles. The van der Waals surface area contributed by atoms with Crippen molar-refractivity contribution in [3.05, 3.63) is 72.4 Å². The Kier molecular flexibility index (Phi) is 7.00. The lowest BCUT2D eigenvalue weighted by atomic mass is 10.00. The van der Waals surface area contributed by atoms with Crippen molar-refractivity contribution in [3.8, 4) is 11.1 Å². The Morgan fingerprint density at radius 1 is 1.11 bits per heavy atom. The van der Waals surface area contributed by atoms with E-state index in [1.165, 1.54) is 0 Å². The molecule has 4 aromatic rings. The number of fused-ring (bicyclic) bond motifs is 1. The number of amides is 1. The van der Waals surface area contributed by atoms with Crippen molar-refractivity contribution in [2.75, 3.05) is 44.3 Å². The minimum absolute atomic E-state index is 0.141. The highest BCUT2D eigenvalue weighted by molar-refractivity contribution is 5.94. The molecule has 3 aromatic heterocycles. The van der Waals surface area contributed by atoms with E-state index in [4.69, 9.17) is 14.5 Å². The van der Waals surface area contributed by atoms with Gasteiger partial charge in [0, 0.05) is 73.9 Å². The molecule has 2 aliphatic heterocycles. The van der Waals surface area contributed by atoms with Gasteiger partial charge >= 0.3 is 0 Å². The number of rotatable bonds is 6. The average molecular weight is 514 g/mol. The number of benzene rings is 1. The number of nitrogens with one attached hydrogen (secondary N) is 2. The fraction of sp³-hybridized carbons (Fsp3) is 0.357. The minimum atomic E-state index is -0.428. The van der Waals surface area contributed by atoms with Crippen LogP contribution >= 0.6 is 0 Å². The molecule has 38 heavy (non-hydrogen) atoms. The first-order valence-electron chi connectivity index (χ1n) is 12.9. The van der Waals surface area contributed by atoms with Gasteiger partial charge in [-0.2, -0.15) is 5.10 Å². The van der Waals surface area contributed by atoms with E-state index in [2.05, 4.69) is 49.9 Å². The molecular weight excluding hydrogens is 482 g/mol. The Bertz CT molecular complexity index is 1420. The maximum absolute atomic E-state index is 12.6. The monoisotopic (exact) mass is 513 g/mol. The second kappa shape index (κ2) is 10.9. The summed E-state index contributed by atoms with van der Waals surface area (Å²) in [6.07, 6.45) is 7.56. The van der Waals surface area contributed by atoms with Crippen molar-refractivity contribution in [2.45, 2.75) is 18.8 Å². The van der Waals surface area contributed by atoms with Crippen molar-refractivity contribution in [2.24, 2.45) is 7.05 Å². The highest BCUT2D eigenvalue weighted by Gasteiger charge is 2.24. The molecule has 6 rings (SSSR count). The topological polar surface area (TPSA) is 106 Å². The number of aryl methyl sites for hydroxylation is 1. The summed E-state index contributed by atoms with van der Waals surface area (Å²) in [5.41, 5.74) is 3.95. The molecule has 2 N–H and O–H groups in total. The number of hydrogen-bond donors (Lipinski definition) is 2. The maximum Gasteiger partial charge on any atom is 0.253 e. The van der Waals surface area contributed by atoms with E-state index in [9.17, 15) is 4.79 Å². The minimum Gasteiger partial charge on any atom is -0.375 e. The van der Waals surface area contributed by atoms with Crippen LogP contribution in [-0.4, -0.2) is 77.4 Å². The van der Waals surface area contributed by atoms with Crippen molar-refractivity contribution in [1.82, 2.24) is 30.4 Å². The first kappa shape index (κ1) is 24.5. The predicted octanol–water partition coefficient (Wildman–Crippen LogP) is 2.15.